The normalized spacial score (nSPS) is 9.23. The molecule has 2 aromatic rings. The molecule has 140 valence electrons. The average molecular weight is 398 g/mol. The molecule has 26 heavy (non-hydrogen) atoms. The second kappa shape index (κ2) is 11.0. The first-order valence-electron chi connectivity index (χ1n) is 7.34. The first-order valence-corrected chi connectivity index (χ1v) is 7.34. The Labute approximate surface area is 163 Å². The number of nitrogens with one attached hydrogen (secondary N) is 3. The van der Waals surface area contributed by atoms with Crippen LogP contribution in [-0.4, -0.2) is 17.6 Å². The topological polar surface area (TPSA) is 134 Å². The second-order valence-corrected chi connectivity index (χ2v) is 5.21. The van der Waals surface area contributed by atoms with E-state index >= 15 is 0 Å². The van der Waals surface area contributed by atoms with Crippen molar-refractivity contribution < 1.29 is 9.59 Å². The summed E-state index contributed by atoms with van der Waals surface area (Å²) in [5.41, 5.74) is 13.3. The highest BCUT2D eigenvalue weighted by molar-refractivity contribution is 5.98. The van der Waals surface area contributed by atoms with Gasteiger partial charge >= 0.3 is 0 Å². The van der Waals surface area contributed by atoms with E-state index in [1.165, 1.54) is 0 Å². The summed E-state index contributed by atoms with van der Waals surface area (Å²) in [5.74, 6) is -0.549. The molecule has 0 saturated carbocycles. The number of hydrogen-bond acceptors (Lipinski definition) is 4. The zero-order valence-corrected chi connectivity index (χ0v) is 15.5. The predicted octanol–water partition coefficient (Wildman–Crippen LogP) is 2.75. The van der Waals surface area contributed by atoms with Gasteiger partial charge < -0.3 is 22.1 Å². The molecule has 0 aliphatic heterocycles. The quantitative estimate of drug-likeness (QED) is 0.291. The Morgan fingerprint density at radius 1 is 0.808 bits per heavy atom. The zero-order chi connectivity index (χ0) is 17.5. The van der Waals surface area contributed by atoms with Gasteiger partial charge in [-0.05, 0) is 48.5 Å². The number of amidine groups is 1. The molecule has 0 spiro atoms. The van der Waals surface area contributed by atoms with E-state index in [1.54, 1.807) is 48.5 Å². The number of anilines is 3. The van der Waals surface area contributed by atoms with Gasteiger partial charge in [0.25, 0.3) is 0 Å². The molecule has 7 nitrogen and oxygen atoms in total. The molecular weight excluding hydrogens is 377 g/mol. The number of rotatable bonds is 6. The molecule has 0 saturated heterocycles. The van der Waals surface area contributed by atoms with Crippen LogP contribution in [0.15, 0.2) is 48.5 Å². The molecule has 0 fully saturated rings. The lowest BCUT2D eigenvalue weighted by Gasteiger charge is -2.07. The van der Waals surface area contributed by atoms with Crippen molar-refractivity contribution in [3.05, 3.63) is 54.1 Å². The van der Waals surface area contributed by atoms with E-state index in [0.29, 0.717) is 22.6 Å². The van der Waals surface area contributed by atoms with E-state index in [9.17, 15) is 9.59 Å². The minimum absolute atomic E-state index is 0. The van der Waals surface area contributed by atoms with E-state index in [0.717, 1.165) is 0 Å². The molecular formula is C17H21Cl2N5O2. The molecule has 2 amide bonds. The Hall–Kier alpha value is -2.77. The summed E-state index contributed by atoms with van der Waals surface area (Å²) in [6.45, 7) is 0. The second-order valence-electron chi connectivity index (χ2n) is 5.21. The largest absolute Gasteiger partial charge is 0.399 e. The Morgan fingerprint density at radius 2 is 1.19 bits per heavy atom. The van der Waals surface area contributed by atoms with Gasteiger partial charge in [-0.1, -0.05) is 0 Å². The molecule has 0 heterocycles. The zero-order valence-electron chi connectivity index (χ0n) is 13.8. The van der Waals surface area contributed by atoms with Crippen LogP contribution in [-0.2, 0) is 9.59 Å². The third-order valence-electron chi connectivity index (χ3n) is 3.25. The number of carbonyl (C=O) groups excluding carboxylic acids is 2. The summed E-state index contributed by atoms with van der Waals surface area (Å²) >= 11 is 0. The highest BCUT2D eigenvalue weighted by Gasteiger charge is 2.08. The van der Waals surface area contributed by atoms with Crippen LogP contribution in [0.2, 0.25) is 0 Å². The van der Waals surface area contributed by atoms with Crippen molar-refractivity contribution in [3.63, 3.8) is 0 Å². The predicted molar refractivity (Wildman–Crippen MR) is 109 cm³/mol. The first kappa shape index (κ1) is 23.2. The van der Waals surface area contributed by atoms with Crippen LogP contribution >= 0.6 is 24.8 Å². The van der Waals surface area contributed by atoms with Crippen LogP contribution in [0, 0.1) is 5.41 Å². The molecule has 0 unspecified atom stereocenters. The van der Waals surface area contributed by atoms with Gasteiger partial charge in [0, 0.05) is 35.5 Å². The van der Waals surface area contributed by atoms with Crippen molar-refractivity contribution in [3.8, 4) is 0 Å². The van der Waals surface area contributed by atoms with Crippen LogP contribution in [0.25, 0.3) is 0 Å². The van der Waals surface area contributed by atoms with Gasteiger partial charge in [0.2, 0.25) is 11.8 Å². The smallest absolute Gasteiger partial charge is 0.224 e. The molecule has 9 heteroatoms. The number of halogens is 2. The number of benzene rings is 2. The van der Waals surface area contributed by atoms with E-state index in [-0.39, 0.29) is 55.3 Å². The summed E-state index contributed by atoms with van der Waals surface area (Å²) in [6.07, 6.45) is 0.136. The third-order valence-corrected chi connectivity index (χ3v) is 3.25. The van der Waals surface area contributed by atoms with Crippen LogP contribution < -0.4 is 22.1 Å². The summed E-state index contributed by atoms with van der Waals surface area (Å²) < 4.78 is 0. The number of nitrogen functional groups attached to an aromatic ring is 2. The molecule has 2 rings (SSSR count). The molecule has 0 radical (unpaired) electrons. The maximum Gasteiger partial charge on any atom is 0.224 e. The highest BCUT2D eigenvalue weighted by atomic mass is 35.5. The van der Waals surface area contributed by atoms with Crippen LogP contribution in [0.5, 0.6) is 0 Å². The van der Waals surface area contributed by atoms with Crippen molar-refractivity contribution in [2.45, 2.75) is 12.8 Å². The summed E-state index contributed by atoms with van der Waals surface area (Å²) in [5, 5.41) is 12.7. The SMILES string of the molecule is Cl.Cl.N=C(N)c1ccc(NC(=O)CCC(=O)Nc2ccc(N)cc2)cc1. The minimum atomic E-state index is -0.266. The standard InChI is InChI=1S/C17H19N5O2.2ClH/c18-12-3-7-14(8-4-12)22-16(24)10-9-15(23)21-13-5-1-11(2-6-13)17(19)20;;/h1-8H,9-10,18H2,(H3,19,20)(H,21,23)(H,22,24);2*1H. The summed E-state index contributed by atoms with van der Waals surface area (Å²) in [7, 11) is 0. The van der Waals surface area contributed by atoms with Crippen molar-refractivity contribution in [2.75, 3.05) is 16.4 Å². The van der Waals surface area contributed by atoms with Crippen molar-refractivity contribution in [2.24, 2.45) is 5.73 Å². The van der Waals surface area contributed by atoms with Crippen molar-refractivity contribution in [1.29, 1.82) is 5.41 Å². The van der Waals surface area contributed by atoms with E-state index in [1.807, 2.05) is 0 Å². The number of amides is 2. The Bertz CT molecular complexity index is 749. The summed E-state index contributed by atoms with van der Waals surface area (Å²) in [4.78, 5) is 23.7. The van der Waals surface area contributed by atoms with Crippen LogP contribution in [0.3, 0.4) is 0 Å². The van der Waals surface area contributed by atoms with Gasteiger partial charge in [-0.25, -0.2) is 0 Å². The molecule has 0 bridgehead atoms. The van der Waals surface area contributed by atoms with Gasteiger partial charge in [0.15, 0.2) is 0 Å². The maximum atomic E-state index is 11.9. The van der Waals surface area contributed by atoms with Crippen molar-refractivity contribution >= 4 is 59.5 Å². The van der Waals surface area contributed by atoms with Crippen molar-refractivity contribution in [1.82, 2.24) is 0 Å². The molecule has 0 aromatic heterocycles. The van der Waals surface area contributed by atoms with Gasteiger partial charge in [0.1, 0.15) is 5.84 Å². The fourth-order valence-electron chi connectivity index (χ4n) is 1.97. The van der Waals surface area contributed by atoms with Gasteiger partial charge in [-0.3, -0.25) is 15.0 Å². The average Bonchev–Trinajstić information content (AvgIpc) is 2.55. The highest BCUT2D eigenvalue weighted by Crippen LogP contribution is 2.12. The molecule has 2 aromatic carbocycles. The number of carbonyl (C=O) groups is 2. The molecule has 0 atom stereocenters. The minimum Gasteiger partial charge on any atom is -0.399 e. The Balaban J connectivity index is 0.00000312. The Morgan fingerprint density at radius 3 is 1.58 bits per heavy atom. The third kappa shape index (κ3) is 7.42. The van der Waals surface area contributed by atoms with E-state index in [2.05, 4.69) is 10.6 Å². The Kier molecular flexibility index (Phi) is 9.80. The van der Waals surface area contributed by atoms with E-state index < -0.39 is 0 Å². The summed E-state index contributed by atoms with van der Waals surface area (Å²) in [6, 6.07) is 13.4. The fourth-order valence-corrected chi connectivity index (χ4v) is 1.97. The van der Waals surface area contributed by atoms with E-state index in [4.69, 9.17) is 16.9 Å². The number of nitrogens with two attached hydrogens (primary N) is 2. The first-order chi connectivity index (χ1) is 11.4. The van der Waals surface area contributed by atoms with Crippen LogP contribution in [0.4, 0.5) is 17.1 Å². The molecule has 0 aliphatic carbocycles. The fraction of sp³-hybridized carbons (Fsp3) is 0.118. The van der Waals surface area contributed by atoms with Gasteiger partial charge in [-0.15, -0.1) is 24.8 Å². The lowest BCUT2D eigenvalue weighted by Crippen LogP contribution is -2.17. The van der Waals surface area contributed by atoms with Crippen LogP contribution in [0.1, 0.15) is 18.4 Å². The lowest BCUT2D eigenvalue weighted by molar-refractivity contribution is -0.121. The van der Waals surface area contributed by atoms with Gasteiger partial charge in [0.05, 0.1) is 0 Å². The maximum absolute atomic E-state index is 11.9. The monoisotopic (exact) mass is 397 g/mol. The lowest BCUT2D eigenvalue weighted by atomic mass is 10.2. The molecule has 0 aliphatic rings. The number of hydrogen-bond donors (Lipinski definition) is 5. The van der Waals surface area contributed by atoms with Gasteiger partial charge in [-0.2, -0.15) is 0 Å². The molecule has 7 N–H and O–H groups in total.